The summed E-state index contributed by atoms with van der Waals surface area (Å²) in [7, 11) is 0. The number of nitrogens with zero attached hydrogens (tertiary/aromatic N) is 1. The first-order valence-electron chi connectivity index (χ1n) is 6.64. The highest BCUT2D eigenvalue weighted by atomic mass is 35.5. The number of carbonyl (C=O) groups excluding carboxylic acids is 1. The van der Waals surface area contributed by atoms with Crippen molar-refractivity contribution in [3.8, 4) is 0 Å². The third-order valence-electron chi connectivity index (χ3n) is 3.54. The molecule has 4 nitrogen and oxygen atoms in total. The number of amides is 1. The van der Waals surface area contributed by atoms with E-state index in [9.17, 15) is 4.79 Å². The van der Waals surface area contributed by atoms with Gasteiger partial charge in [-0.3, -0.25) is 9.78 Å². The number of aromatic nitrogens is 1. The fourth-order valence-corrected chi connectivity index (χ4v) is 2.19. The Morgan fingerprint density at radius 2 is 2.20 bits per heavy atom. The number of hydrogen-bond acceptors (Lipinski definition) is 3. The summed E-state index contributed by atoms with van der Waals surface area (Å²) in [5.41, 5.74) is 7.29. The minimum absolute atomic E-state index is 0.131. The number of halogens is 1. The van der Waals surface area contributed by atoms with Gasteiger partial charge >= 0.3 is 0 Å². The van der Waals surface area contributed by atoms with Crippen LogP contribution in [0.1, 0.15) is 20.3 Å². The minimum atomic E-state index is -0.526. The van der Waals surface area contributed by atoms with E-state index in [0.717, 1.165) is 11.8 Å². The van der Waals surface area contributed by atoms with E-state index in [4.69, 9.17) is 17.3 Å². The van der Waals surface area contributed by atoms with E-state index in [1.54, 1.807) is 18.3 Å². The molecule has 0 radical (unpaired) electrons. The van der Waals surface area contributed by atoms with E-state index in [1.807, 2.05) is 26.0 Å². The van der Waals surface area contributed by atoms with Gasteiger partial charge in [0.15, 0.2) is 0 Å². The van der Waals surface area contributed by atoms with Crippen LogP contribution in [0.2, 0.25) is 5.02 Å². The molecule has 1 heterocycles. The number of nitrogens with two attached hydrogens (primary N) is 1. The van der Waals surface area contributed by atoms with Gasteiger partial charge in [0.05, 0.1) is 22.3 Å². The first kappa shape index (κ1) is 14.8. The highest BCUT2D eigenvalue weighted by molar-refractivity contribution is 6.35. The average Bonchev–Trinajstić information content (AvgIpc) is 2.48. The second-order valence-electron chi connectivity index (χ2n) is 4.90. The Morgan fingerprint density at radius 3 is 2.90 bits per heavy atom. The van der Waals surface area contributed by atoms with Gasteiger partial charge in [0.2, 0.25) is 5.91 Å². The molecule has 20 heavy (non-hydrogen) atoms. The molecular formula is C15H18ClN3O. The highest BCUT2D eigenvalue weighted by Gasteiger charge is 2.20. The predicted molar refractivity (Wildman–Crippen MR) is 82.8 cm³/mol. The molecule has 5 heteroatoms. The van der Waals surface area contributed by atoms with Crippen molar-refractivity contribution in [1.29, 1.82) is 0 Å². The maximum atomic E-state index is 12.2. The van der Waals surface area contributed by atoms with E-state index in [1.165, 1.54) is 0 Å². The van der Waals surface area contributed by atoms with Crippen LogP contribution in [0.3, 0.4) is 0 Å². The Labute approximate surface area is 123 Å². The van der Waals surface area contributed by atoms with Gasteiger partial charge in [0, 0.05) is 11.6 Å². The molecule has 3 N–H and O–H groups in total. The molecular weight excluding hydrogens is 274 g/mol. The zero-order chi connectivity index (χ0) is 14.7. The van der Waals surface area contributed by atoms with Crippen LogP contribution < -0.4 is 11.1 Å². The number of fused-ring (bicyclic) bond motifs is 1. The summed E-state index contributed by atoms with van der Waals surface area (Å²) in [5, 5.41) is 4.23. The maximum absolute atomic E-state index is 12.2. The molecule has 0 aliphatic rings. The van der Waals surface area contributed by atoms with E-state index in [-0.39, 0.29) is 11.8 Å². The van der Waals surface area contributed by atoms with Crippen LogP contribution in [0.25, 0.3) is 10.9 Å². The monoisotopic (exact) mass is 291 g/mol. The Kier molecular flexibility index (Phi) is 4.57. The van der Waals surface area contributed by atoms with Crippen LogP contribution in [0.4, 0.5) is 5.69 Å². The number of carbonyl (C=O) groups is 1. The summed E-state index contributed by atoms with van der Waals surface area (Å²) in [6, 6.07) is 6.65. The summed E-state index contributed by atoms with van der Waals surface area (Å²) < 4.78 is 0. The normalized spacial score (nSPS) is 14.0. The second kappa shape index (κ2) is 6.20. The van der Waals surface area contributed by atoms with Crippen molar-refractivity contribution in [3.05, 3.63) is 35.5 Å². The van der Waals surface area contributed by atoms with Crippen LogP contribution in [-0.4, -0.2) is 16.9 Å². The molecule has 0 aliphatic heterocycles. The van der Waals surface area contributed by atoms with Gasteiger partial charge in [-0.25, -0.2) is 0 Å². The van der Waals surface area contributed by atoms with Gasteiger partial charge in [-0.1, -0.05) is 31.9 Å². The zero-order valence-electron chi connectivity index (χ0n) is 11.6. The SMILES string of the molecule is CCC(C)[C@H](N)C(=O)Nc1ccc(Cl)c2ncccc12. The van der Waals surface area contributed by atoms with E-state index in [2.05, 4.69) is 10.3 Å². The van der Waals surface area contributed by atoms with Crippen LogP contribution in [0.15, 0.2) is 30.5 Å². The van der Waals surface area contributed by atoms with Crippen LogP contribution >= 0.6 is 11.6 Å². The van der Waals surface area contributed by atoms with Gasteiger partial charge in [0.25, 0.3) is 0 Å². The average molecular weight is 292 g/mol. The fraction of sp³-hybridized carbons (Fsp3) is 0.333. The molecule has 0 bridgehead atoms. The number of rotatable bonds is 4. The Bertz CT molecular complexity index is 630. The van der Waals surface area contributed by atoms with Gasteiger partial charge in [-0.05, 0) is 30.2 Å². The molecule has 0 spiro atoms. The molecule has 0 fully saturated rings. The maximum Gasteiger partial charge on any atom is 0.241 e. The molecule has 2 rings (SSSR count). The van der Waals surface area contributed by atoms with Gasteiger partial charge < -0.3 is 11.1 Å². The first-order valence-corrected chi connectivity index (χ1v) is 7.02. The second-order valence-corrected chi connectivity index (χ2v) is 5.30. The number of hydrogen-bond donors (Lipinski definition) is 2. The third kappa shape index (κ3) is 2.92. The molecule has 0 saturated carbocycles. The van der Waals surface area contributed by atoms with E-state index in [0.29, 0.717) is 16.2 Å². The number of benzene rings is 1. The first-order chi connectivity index (χ1) is 9.54. The van der Waals surface area contributed by atoms with Crippen molar-refractivity contribution in [2.45, 2.75) is 26.3 Å². The van der Waals surface area contributed by atoms with E-state index >= 15 is 0 Å². The molecule has 0 saturated heterocycles. The third-order valence-corrected chi connectivity index (χ3v) is 3.84. The lowest BCUT2D eigenvalue weighted by atomic mass is 9.99. The van der Waals surface area contributed by atoms with Gasteiger partial charge in [-0.2, -0.15) is 0 Å². The summed E-state index contributed by atoms with van der Waals surface area (Å²) in [6.45, 7) is 3.98. The van der Waals surface area contributed by atoms with Crippen molar-refractivity contribution in [3.63, 3.8) is 0 Å². The van der Waals surface area contributed by atoms with Crippen molar-refractivity contribution >= 4 is 34.1 Å². The molecule has 106 valence electrons. The molecule has 1 unspecified atom stereocenters. The van der Waals surface area contributed by atoms with Crippen LogP contribution in [0.5, 0.6) is 0 Å². The van der Waals surface area contributed by atoms with Crippen molar-refractivity contribution in [2.24, 2.45) is 11.7 Å². The lowest BCUT2D eigenvalue weighted by molar-refractivity contribution is -0.118. The molecule has 2 aromatic rings. The molecule has 2 atom stereocenters. The topological polar surface area (TPSA) is 68.0 Å². The summed E-state index contributed by atoms with van der Waals surface area (Å²) in [5.74, 6) is -0.0569. The minimum Gasteiger partial charge on any atom is -0.324 e. The van der Waals surface area contributed by atoms with Crippen LogP contribution in [-0.2, 0) is 4.79 Å². The van der Waals surface area contributed by atoms with Crippen molar-refractivity contribution in [1.82, 2.24) is 4.98 Å². The quantitative estimate of drug-likeness (QED) is 0.909. The highest BCUT2D eigenvalue weighted by Crippen LogP contribution is 2.28. The Balaban J connectivity index is 2.31. The van der Waals surface area contributed by atoms with Gasteiger partial charge in [0.1, 0.15) is 0 Å². The lowest BCUT2D eigenvalue weighted by Crippen LogP contribution is -2.40. The molecule has 1 amide bonds. The largest absolute Gasteiger partial charge is 0.324 e. The molecule has 1 aromatic carbocycles. The molecule has 1 aromatic heterocycles. The smallest absolute Gasteiger partial charge is 0.241 e. The predicted octanol–water partition coefficient (Wildman–Crippen LogP) is 3.20. The van der Waals surface area contributed by atoms with Gasteiger partial charge in [-0.15, -0.1) is 0 Å². The Hall–Kier alpha value is -1.65. The summed E-state index contributed by atoms with van der Waals surface area (Å²) in [4.78, 5) is 16.4. The fourth-order valence-electron chi connectivity index (χ4n) is 1.98. The number of anilines is 1. The standard InChI is InChI=1S/C15H18ClN3O/c1-3-9(2)13(17)15(20)19-12-7-6-11(16)14-10(12)5-4-8-18-14/h4-9,13H,3,17H2,1-2H3,(H,19,20)/t9?,13-/m0/s1. The van der Waals surface area contributed by atoms with Crippen LogP contribution in [0, 0.1) is 5.92 Å². The molecule has 0 aliphatic carbocycles. The van der Waals surface area contributed by atoms with E-state index < -0.39 is 6.04 Å². The lowest BCUT2D eigenvalue weighted by Gasteiger charge is -2.18. The van der Waals surface area contributed by atoms with Crippen molar-refractivity contribution in [2.75, 3.05) is 5.32 Å². The summed E-state index contributed by atoms with van der Waals surface area (Å²) in [6.07, 6.45) is 2.53. The summed E-state index contributed by atoms with van der Waals surface area (Å²) >= 11 is 6.10. The number of pyridine rings is 1. The van der Waals surface area contributed by atoms with Crippen molar-refractivity contribution < 1.29 is 4.79 Å². The Morgan fingerprint density at radius 1 is 1.45 bits per heavy atom. The zero-order valence-corrected chi connectivity index (χ0v) is 12.3. The number of nitrogens with one attached hydrogen (secondary N) is 1.